The summed E-state index contributed by atoms with van der Waals surface area (Å²) in [6.07, 6.45) is 0.540. The number of para-hydroxylation sites is 1. The average molecular weight is 246 g/mol. The Morgan fingerprint density at radius 3 is 2.72 bits per heavy atom. The molecule has 1 aromatic carbocycles. The molecule has 1 aliphatic rings. The minimum absolute atomic E-state index is 0.0978. The Labute approximate surface area is 103 Å². The molecule has 0 atom stereocenters. The molecule has 0 unspecified atom stereocenters. The van der Waals surface area contributed by atoms with Crippen molar-refractivity contribution in [1.29, 1.82) is 0 Å². The van der Waals surface area contributed by atoms with E-state index in [1.165, 1.54) is 0 Å². The van der Waals surface area contributed by atoms with Gasteiger partial charge in [-0.2, -0.15) is 0 Å². The Balaban J connectivity index is 2.36. The number of aromatic nitrogens is 2. The molecule has 0 saturated carbocycles. The van der Waals surface area contributed by atoms with E-state index < -0.39 is 5.41 Å². The molecule has 2 heterocycles. The van der Waals surface area contributed by atoms with Crippen LogP contribution in [0.15, 0.2) is 29.1 Å². The molecule has 0 aliphatic carbocycles. The third kappa shape index (κ3) is 1.34. The van der Waals surface area contributed by atoms with E-state index in [1.54, 1.807) is 22.8 Å². The zero-order valence-electron chi connectivity index (χ0n) is 9.83. The minimum atomic E-state index is -0.789. The van der Waals surface area contributed by atoms with E-state index in [-0.39, 0.29) is 18.8 Å². The topological polar surface area (TPSA) is 75.4 Å². The van der Waals surface area contributed by atoms with Gasteiger partial charge in [-0.25, -0.2) is 4.98 Å². The molecule has 1 aromatic heterocycles. The van der Waals surface area contributed by atoms with Gasteiger partial charge in [0.2, 0.25) is 0 Å². The standard InChI is InChI=1S/C13H14N2O3/c16-7-13(8-17)5-6-15-11(18)9-3-1-2-4-10(9)14-12(13)15/h1-4,16-17H,5-8H2. The maximum Gasteiger partial charge on any atom is 0.261 e. The van der Waals surface area contributed by atoms with E-state index in [9.17, 15) is 15.0 Å². The van der Waals surface area contributed by atoms with E-state index in [0.717, 1.165) is 0 Å². The Kier molecular flexibility index (Phi) is 2.46. The predicted octanol–water partition coefficient (Wildman–Crippen LogP) is 0.0226. The van der Waals surface area contributed by atoms with Crippen LogP contribution in [0.5, 0.6) is 0 Å². The summed E-state index contributed by atoms with van der Waals surface area (Å²) in [5.74, 6) is 0.496. The summed E-state index contributed by atoms with van der Waals surface area (Å²) in [5.41, 5.74) is -0.273. The molecule has 18 heavy (non-hydrogen) atoms. The second kappa shape index (κ2) is 3.90. The van der Waals surface area contributed by atoms with Crippen LogP contribution in [0.2, 0.25) is 0 Å². The van der Waals surface area contributed by atoms with Crippen LogP contribution in [0.3, 0.4) is 0 Å². The van der Waals surface area contributed by atoms with Crippen LogP contribution in [0.1, 0.15) is 12.2 Å². The molecule has 0 fully saturated rings. The molecule has 1 aliphatic heterocycles. The van der Waals surface area contributed by atoms with Crippen LogP contribution < -0.4 is 5.56 Å². The maximum atomic E-state index is 12.3. The second-order valence-corrected chi connectivity index (χ2v) is 4.76. The number of rotatable bonds is 2. The van der Waals surface area contributed by atoms with Gasteiger partial charge in [0.25, 0.3) is 5.56 Å². The summed E-state index contributed by atoms with van der Waals surface area (Å²) in [4.78, 5) is 16.8. The van der Waals surface area contributed by atoms with E-state index in [4.69, 9.17) is 0 Å². The molecule has 5 nitrogen and oxygen atoms in total. The van der Waals surface area contributed by atoms with Crippen molar-refractivity contribution in [2.24, 2.45) is 0 Å². The molecule has 0 bridgehead atoms. The van der Waals surface area contributed by atoms with Crippen molar-refractivity contribution in [2.45, 2.75) is 18.4 Å². The summed E-state index contributed by atoms with van der Waals surface area (Å²) in [6.45, 7) is 0.0929. The molecule has 0 radical (unpaired) electrons. The zero-order chi connectivity index (χ0) is 12.8. The largest absolute Gasteiger partial charge is 0.395 e. The first-order valence-corrected chi connectivity index (χ1v) is 5.94. The van der Waals surface area contributed by atoms with Gasteiger partial charge in [-0.05, 0) is 18.6 Å². The molecule has 2 aromatic rings. The lowest BCUT2D eigenvalue weighted by molar-refractivity contribution is 0.114. The van der Waals surface area contributed by atoms with Crippen molar-refractivity contribution >= 4 is 10.9 Å². The van der Waals surface area contributed by atoms with Crippen molar-refractivity contribution in [3.63, 3.8) is 0 Å². The van der Waals surface area contributed by atoms with E-state index in [2.05, 4.69) is 4.98 Å². The van der Waals surface area contributed by atoms with Crippen LogP contribution in [-0.4, -0.2) is 33.0 Å². The first-order chi connectivity index (χ1) is 8.72. The van der Waals surface area contributed by atoms with Crippen molar-refractivity contribution in [1.82, 2.24) is 9.55 Å². The third-order valence-corrected chi connectivity index (χ3v) is 3.76. The molecule has 5 heteroatoms. The Morgan fingerprint density at radius 1 is 1.28 bits per heavy atom. The van der Waals surface area contributed by atoms with Crippen LogP contribution in [-0.2, 0) is 12.0 Å². The van der Waals surface area contributed by atoms with Gasteiger partial charge < -0.3 is 10.2 Å². The van der Waals surface area contributed by atoms with E-state index in [1.807, 2.05) is 6.07 Å². The normalized spacial score (nSPS) is 17.0. The molecule has 0 spiro atoms. The first-order valence-electron chi connectivity index (χ1n) is 5.94. The summed E-state index contributed by atoms with van der Waals surface area (Å²) < 4.78 is 1.56. The summed E-state index contributed by atoms with van der Waals surface area (Å²) in [5, 5.41) is 19.6. The second-order valence-electron chi connectivity index (χ2n) is 4.76. The Morgan fingerprint density at radius 2 is 2.00 bits per heavy atom. The van der Waals surface area contributed by atoms with Gasteiger partial charge in [0.15, 0.2) is 0 Å². The Hall–Kier alpha value is -1.72. The fourth-order valence-electron chi connectivity index (χ4n) is 2.57. The lowest BCUT2D eigenvalue weighted by Crippen LogP contribution is -2.35. The highest BCUT2D eigenvalue weighted by Crippen LogP contribution is 2.32. The lowest BCUT2D eigenvalue weighted by Gasteiger charge is -2.22. The molecule has 0 amide bonds. The van der Waals surface area contributed by atoms with Crippen molar-refractivity contribution < 1.29 is 10.2 Å². The fraction of sp³-hybridized carbons (Fsp3) is 0.385. The molecule has 2 N–H and O–H groups in total. The zero-order valence-corrected chi connectivity index (χ0v) is 9.83. The maximum absolute atomic E-state index is 12.3. The van der Waals surface area contributed by atoms with Crippen LogP contribution in [0, 0.1) is 0 Å². The lowest BCUT2D eigenvalue weighted by atomic mass is 9.88. The Bertz CT molecular complexity index is 659. The quantitative estimate of drug-likeness (QED) is 0.783. The predicted molar refractivity (Wildman–Crippen MR) is 66.5 cm³/mol. The molecular formula is C13H14N2O3. The van der Waals surface area contributed by atoms with Gasteiger partial charge in [0, 0.05) is 6.54 Å². The molecule has 94 valence electrons. The molecular weight excluding hydrogens is 232 g/mol. The highest BCUT2D eigenvalue weighted by Gasteiger charge is 2.40. The minimum Gasteiger partial charge on any atom is -0.395 e. The van der Waals surface area contributed by atoms with E-state index in [0.29, 0.717) is 29.7 Å². The number of hydrogen-bond acceptors (Lipinski definition) is 4. The van der Waals surface area contributed by atoms with Gasteiger partial charge in [0.05, 0.1) is 29.5 Å². The highest BCUT2D eigenvalue weighted by molar-refractivity contribution is 5.77. The van der Waals surface area contributed by atoms with Crippen LogP contribution in [0.25, 0.3) is 10.9 Å². The number of hydrogen-bond donors (Lipinski definition) is 2. The SMILES string of the molecule is O=c1c2ccccc2nc2n1CCC2(CO)CO. The molecule has 3 rings (SSSR count). The van der Waals surface area contributed by atoms with Gasteiger partial charge in [0.1, 0.15) is 5.82 Å². The van der Waals surface area contributed by atoms with Crippen molar-refractivity contribution in [3.05, 3.63) is 40.4 Å². The summed E-state index contributed by atoms with van der Waals surface area (Å²) in [7, 11) is 0. The number of fused-ring (bicyclic) bond motifs is 2. The third-order valence-electron chi connectivity index (χ3n) is 3.76. The van der Waals surface area contributed by atoms with Crippen LogP contribution >= 0.6 is 0 Å². The molecule has 0 saturated heterocycles. The monoisotopic (exact) mass is 246 g/mol. The number of aliphatic hydroxyl groups is 2. The highest BCUT2D eigenvalue weighted by atomic mass is 16.3. The van der Waals surface area contributed by atoms with Gasteiger partial charge in [-0.3, -0.25) is 9.36 Å². The van der Waals surface area contributed by atoms with Gasteiger partial charge in [-0.15, -0.1) is 0 Å². The van der Waals surface area contributed by atoms with Crippen molar-refractivity contribution in [2.75, 3.05) is 13.2 Å². The summed E-state index contributed by atoms with van der Waals surface area (Å²) in [6, 6.07) is 7.14. The number of benzene rings is 1. The fourth-order valence-corrected chi connectivity index (χ4v) is 2.57. The van der Waals surface area contributed by atoms with Gasteiger partial charge >= 0.3 is 0 Å². The smallest absolute Gasteiger partial charge is 0.261 e. The van der Waals surface area contributed by atoms with Gasteiger partial charge in [-0.1, -0.05) is 12.1 Å². The number of nitrogens with zero attached hydrogens (tertiary/aromatic N) is 2. The first kappa shape index (κ1) is 11.4. The van der Waals surface area contributed by atoms with Crippen molar-refractivity contribution in [3.8, 4) is 0 Å². The van der Waals surface area contributed by atoms with Crippen LogP contribution in [0.4, 0.5) is 0 Å². The number of aliphatic hydroxyl groups excluding tert-OH is 2. The average Bonchev–Trinajstić information content (AvgIpc) is 2.79. The summed E-state index contributed by atoms with van der Waals surface area (Å²) >= 11 is 0. The van der Waals surface area contributed by atoms with E-state index >= 15 is 0 Å².